The van der Waals surface area contributed by atoms with Crippen LogP contribution in [0.2, 0.25) is 0 Å². The highest BCUT2D eigenvalue weighted by atomic mass is 16.4. The minimum absolute atomic E-state index is 0.0197. The zero-order chi connectivity index (χ0) is 14.8. The summed E-state index contributed by atoms with van der Waals surface area (Å²) in [6.45, 7) is 0.218. The van der Waals surface area contributed by atoms with Crippen LogP contribution < -0.4 is 10.6 Å². The number of carbonyl (C=O) groups is 2. The van der Waals surface area contributed by atoms with Crippen molar-refractivity contribution in [2.45, 2.75) is 12.8 Å². The summed E-state index contributed by atoms with van der Waals surface area (Å²) in [5.74, 6) is -1.44. The fourth-order valence-electron chi connectivity index (χ4n) is 1.38. The summed E-state index contributed by atoms with van der Waals surface area (Å²) in [6, 6.07) is 10.9. The lowest BCUT2D eigenvalue weighted by Gasteiger charge is -2.04. The van der Waals surface area contributed by atoms with E-state index >= 15 is 0 Å². The van der Waals surface area contributed by atoms with E-state index in [1.165, 1.54) is 6.20 Å². The highest BCUT2D eigenvalue weighted by molar-refractivity contribution is 5.97. The number of hydrogen-bond donors (Lipinski definition) is 3. The van der Waals surface area contributed by atoms with Crippen molar-refractivity contribution >= 4 is 17.6 Å². The summed E-state index contributed by atoms with van der Waals surface area (Å²) in [5.41, 5.74) is 0.697. The number of para-hydroxylation sites is 1. The maximum atomic E-state index is 11.7. The Balaban J connectivity index is 2.47. The molecule has 6 nitrogen and oxygen atoms in total. The summed E-state index contributed by atoms with van der Waals surface area (Å²) in [4.78, 5) is 22.0. The van der Waals surface area contributed by atoms with E-state index in [0.717, 1.165) is 5.69 Å². The molecule has 0 radical (unpaired) electrons. The quantitative estimate of drug-likeness (QED) is 0.397. The SMILES string of the molecule is N#C/C(=C/Nc1ccccc1)C(=O)NCCCC(=O)O. The minimum Gasteiger partial charge on any atom is -0.481 e. The van der Waals surface area contributed by atoms with Crippen LogP contribution >= 0.6 is 0 Å². The molecule has 0 fully saturated rings. The Kier molecular flexibility index (Phi) is 6.34. The van der Waals surface area contributed by atoms with E-state index in [2.05, 4.69) is 10.6 Å². The Morgan fingerprint density at radius 2 is 2.00 bits per heavy atom. The van der Waals surface area contributed by atoms with Crippen molar-refractivity contribution in [1.82, 2.24) is 5.32 Å². The minimum atomic E-state index is -0.916. The van der Waals surface area contributed by atoms with Gasteiger partial charge in [0, 0.05) is 24.9 Å². The van der Waals surface area contributed by atoms with Gasteiger partial charge in [-0.05, 0) is 18.6 Å². The molecule has 0 saturated carbocycles. The Labute approximate surface area is 116 Å². The first-order valence-corrected chi connectivity index (χ1v) is 6.05. The first kappa shape index (κ1) is 15.2. The number of amides is 1. The van der Waals surface area contributed by atoms with Crippen LogP contribution in [-0.2, 0) is 9.59 Å². The molecule has 0 heterocycles. The van der Waals surface area contributed by atoms with Crippen LogP contribution in [0.5, 0.6) is 0 Å². The number of nitrogens with zero attached hydrogens (tertiary/aromatic N) is 1. The van der Waals surface area contributed by atoms with Gasteiger partial charge in [0.25, 0.3) is 5.91 Å². The van der Waals surface area contributed by atoms with E-state index in [-0.39, 0.29) is 18.5 Å². The maximum Gasteiger partial charge on any atom is 0.303 e. The van der Waals surface area contributed by atoms with Crippen LogP contribution in [0.3, 0.4) is 0 Å². The molecule has 0 spiro atoms. The number of benzene rings is 1. The molecule has 3 N–H and O–H groups in total. The molecule has 20 heavy (non-hydrogen) atoms. The lowest BCUT2D eigenvalue weighted by molar-refractivity contribution is -0.137. The number of nitrogens with one attached hydrogen (secondary N) is 2. The zero-order valence-corrected chi connectivity index (χ0v) is 10.8. The number of nitriles is 1. The molecule has 1 aromatic carbocycles. The Morgan fingerprint density at radius 1 is 1.30 bits per heavy atom. The van der Waals surface area contributed by atoms with Gasteiger partial charge in [-0.1, -0.05) is 18.2 Å². The molecule has 1 amide bonds. The molecule has 104 valence electrons. The molecule has 0 bridgehead atoms. The second-order valence-corrected chi connectivity index (χ2v) is 3.93. The molecule has 0 aliphatic heterocycles. The summed E-state index contributed by atoms with van der Waals surface area (Å²) in [5, 5.41) is 22.7. The van der Waals surface area contributed by atoms with Crippen molar-refractivity contribution in [3.05, 3.63) is 42.1 Å². The van der Waals surface area contributed by atoms with Gasteiger partial charge in [0.2, 0.25) is 0 Å². The van der Waals surface area contributed by atoms with Gasteiger partial charge < -0.3 is 15.7 Å². The largest absolute Gasteiger partial charge is 0.481 e. The number of aliphatic carboxylic acids is 1. The monoisotopic (exact) mass is 273 g/mol. The number of carboxylic acid groups (broad SMARTS) is 1. The average Bonchev–Trinajstić information content (AvgIpc) is 2.45. The van der Waals surface area contributed by atoms with Crippen molar-refractivity contribution in [2.24, 2.45) is 0 Å². The van der Waals surface area contributed by atoms with Crippen molar-refractivity contribution in [2.75, 3.05) is 11.9 Å². The van der Waals surface area contributed by atoms with Gasteiger partial charge in [-0.25, -0.2) is 0 Å². The molecular formula is C14H15N3O3. The molecule has 0 aromatic heterocycles. The Bertz CT molecular complexity index is 532. The van der Waals surface area contributed by atoms with Gasteiger partial charge >= 0.3 is 5.97 Å². The molecular weight excluding hydrogens is 258 g/mol. The second kappa shape index (κ2) is 8.32. The van der Waals surface area contributed by atoms with Crippen LogP contribution in [0.25, 0.3) is 0 Å². The van der Waals surface area contributed by atoms with Gasteiger partial charge in [-0.3, -0.25) is 9.59 Å². The third kappa shape index (κ3) is 5.69. The van der Waals surface area contributed by atoms with Crippen molar-refractivity contribution < 1.29 is 14.7 Å². The Morgan fingerprint density at radius 3 is 2.60 bits per heavy atom. The van der Waals surface area contributed by atoms with Gasteiger partial charge in [-0.15, -0.1) is 0 Å². The van der Waals surface area contributed by atoms with Crippen LogP contribution in [0.1, 0.15) is 12.8 Å². The van der Waals surface area contributed by atoms with E-state index < -0.39 is 11.9 Å². The van der Waals surface area contributed by atoms with Crippen LogP contribution in [0, 0.1) is 11.3 Å². The molecule has 6 heteroatoms. The highest BCUT2D eigenvalue weighted by Crippen LogP contribution is 2.05. The molecule has 1 rings (SSSR count). The van der Waals surface area contributed by atoms with E-state index in [4.69, 9.17) is 10.4 Å². The second-order valence-electron chi connectivity index (χ2n) is 3.93. The summed E-state index contributed by atoms with van der Waals surface area (Å²) in [6.07, 6.45) is 1.63. The normalized spacial score (nSPS) is 10.4. The topological polar surface area (TPSA) is 102 Å². The fraction of sp³-hybridized carbons (Fsp3) is 0.214. The summed E-state index contributed by atoms with van der Waals surface area (Å²) < 4.78 is 0. The average molecular weight is 273 g/mol. The van der Waals surface area contributed by atoms with Crippen molar-refractivity contribution in [1.29, 1.82) is 5.26 Å². The van der Waals surface area contributed by atoms with Gasteiger partial charge in [0.1, 0.15) is 11.6 Å². The number of rotatable bonds is 7. The van der Waals surface area contributed by atoms with Crippen LogP contribution in [-0.4, -0.2) is 23.5 Å². The lowest BCUT2D eigenvalue weighted by atomic mass is 10.2. The third-order valence-corrected chi connectivity index (χ3v) is 2.38. The molecule has 0 saturated heterocycles. The summed E-state index contributed by atoms with van der Waals surface area (Å²) in [7, 11) is 0. The zero-order valence-electron chi connectivity index (χ0n) is 10.8. The number of hydrogen-bond acceptors (Lipinski definition) is 4. The first-order valence-electron chi connectivity index (χ1n) is 6.05. The standard InChI is InChI=1S/C14H15N3O3/c15-9-11(10-17-12-5-2-1-3-6-12)14(20)16-8-4-7-13(18)19/h1-3,5-6,10,17H,4,7-8H2,(H,16,20)(H,18,19)/b11-10-. The predicted molar refractivity (Wildman–Crippen MR) is 73.6 cm³/mol. The third-order valence-electron chi connectivity index (χ3n) is 2.38. The predicted octanol–water partition coefficient (Wildman–Crippen LogP) is 1.49. The highest BCUT2D eigenvalue weighted by Gasteiger charge is 2.08. The number of carboxylic acids is 1. The molecule has 1 aromatic rings. The van der Waals surface area contributed by atoms with Crippen LogP contribution in [0.4, 0.5) is 5.69 Å². The first-order chi connectivity index (χ1) is 9.63. The molecule has 0 aliphatic rings. The molecule has 0 aliphatic carbocycles. The lowest BCUT2D eigenvalue weighted by Crippen LogP contribution is -2.26. The van der Waals surface area contributed by atoms with E-state index in [9.17, 15) is 9.59 Å². The van der Waals surface area contributed by atoms with E-state index in [1.807, 2.05) is 18.2 Å². The van der Waals surface area contributed by atoms with Crippen LogP contribution in [0.15, 0.2) is 42.1 Å². The smallest absolute Gasteiger partial charge is 0.303 e. The number of anilines is 1. The fourth-order valence-corrected chi connectivity index (χ4v) is 1.38. The summed E-state index contributed by atoms with van der Waals surface area (Å²) >= 11 is 0. The van der Waals surface area contributed by atoms with Crippen molar-refractivity contribution in [3.8, 4) is 6.07 Å². The maximum absolute atomic E-state index is 11.7. The van der Waals surface area contributed by atoms with Crippen molar-refractivity contribution in [3.63, 3.8) is 0 Å². The van der Waals surface area contributed by atoms with Gasteiger partial charge in [0.05, 0.1) is 0 Å². The van der Waals surface area contributed by atoms with E-state index in [0.29, 0.717) is 6.42 Å². The van der Waals surface area contributed by atoms with E-state index in [1.54, 1.807) is 18.2 Å². The molecule has 0 atom stereocenters. The van der Waals surface area contributed by atoms with Gasteiger partial charge in [0.15, 0.2) is 0 Å². The number of carbonyl (C=O) groups excluding carboxylic acids is 1. The van der Waals surface area contributed by atoms with Gasteiger partial charge in [-0.2, -0.15) is 5.26 Å². The Hall–Kier alpha value is -2.81. The molecule has 0 unspecified atom stereocenters.